The molecule has 2 aromatic carbocycles. The van der Waals surface area contributed by atoms with Crippen molar-refractivity contribution in [2.24, 2.45) is 22.2 Å². The fourth-order valence-corrected chi connectivity index (χ4v) is 5.67. The van der Waals surface area contributed by atoms with Crippen LogP contribution in [-0.2, 0) is 12.8 Å². The molecule has 4 rings (SSSR count). The van der Waals surface area contributed by atoms with Crippen molar-refractivity contribution in [3.8, 4) is 5.75 Å². The number of carbonyl (C=O) groups is 1. The van der Waals surface area contributed by atoms with Crippen molar-refractivity contribution in [1.82, 2.24) is 0 Å². The van der Waals surface area contributed by atoms with Gasteiger partial charge in [-0.3, -0.25) is 4.79 Å². The molecule has 0 saturated heterocycles. The van der Waals surface area contributed by atoms with E-state index in [1.807, 2.05) is 60.8 Å². The van der Waals surface area contributed by atoms with Crippen LogP contribution in [0.3, 0.4) is 0 Å². The normalized spacial score (nSPS) is 15.9. The zero-order valence-electron chi connectivity index (χ0n) is 21.4. The van der Waals surface area contributed by atoms with Gasteiger partial charge >= 0.3 is 0 Å². The summed E-state index contributed by atoms with van der Waals surface area (Å²) < 4.78 is 5.79. The highest BCUT2D eigenvalue weighted by Crippen LogP contribution is 2.45. The van der Waals surface area contributed by atoms with Gasteiger partial charge in [0, 0.05) is 16.8 Å². The number of thiophene rings is 1. The summed E-state index contributed by atoms with van der Waals surface area (Å²) in [6.07, 6.45) is 4.87. The zero-order valence-corrected chi connectivity index (χ0v) is 22.2. The quantitative estimate of drug-likeness (QED) is 0.343. The van der Waals surface area contributed by atoms with Crippen molar-refractivity contribution in [2.45, 2.75) is 53.9 Å². The molecule has 1 heterocycles. The van der Waals surface area contributed by atoms with Crippen LogP contribution in [0.25, 0.3) is 0 Å². The van der Waals surface area contributed by atoms with Crippen molar-refractivity contribution in [2.75, 3.05) is 11.9 Å². The molecule has 35 heavy (non-hydrogen) atoms. The second-order valence-corrected chi connectivity index (χ2v) is 11.9. The molecular formula is C30H36N2O2S. The molecule has 0 fully saturated rings. The highest BCUT2D eigenvalue weighted by atomic mass is 32.1. The van der Waals surface area contributed by atoms with Gasteiger partial charge in [-0.1, -0.05) is 52.8 Å². The van der Waals surface area contributed by atoms with E-state index in [9.17, 15) is 4.79 Å². The Morgan fingerprint density at radius 3 is 2.51 bits per heavy atom. The first-order valence-corrected chi connectivity index (χ1v) is 13.3. The molecule has 0 aliphatic heterocycles. The number of hydrogen-bond acceptors (Lipinski definition) is 4. The molecule has 1 N–H and O–H groups in total. The van der Waals surface area contributed by atoms with E-state index in [2.05, 4.69) is 39.9 Å². The van der Waals surface area contributed by atoms with Crippen LogP contribution in [0.5, 0.6) is 5.75 Å². The van der Waals surface area contributed by atoms with Gasteiger partial charge in [0.15, 0.2) is 0 Å². The summed E-state index contributed by atoms with van der Waals surface area (Å²) in [4.78, 5) is 19.6. The minimum atomic E-state index is -0.0764. The third-order valence-electron chi connectivity index (χ3n) is 6.52. The van der Waals surface area contributed by atoms with Crippen LogP contribution >= 0.6 is 11.3 Å². The number of nitrogens with one attached hydrogen (secondary N) is 1. The van der Waals surface area contributed by atoms with Crippen molar-refractivity contribution in [3.05, 3.63) is 76.2 Å². The molecular weight excluding hydrogens is 452 g/mol. The van der Waals surface area contributed by atoms with Crippen LogP contribution in [-0.4, -0.2) is 18.7 Å². The van der Waals surface area contributed by atoms with Gasteiger partial charge in [-0.25, -0.2) is 4.99 Å². The molecule has 0 saturated carbocycles. The molecule has 0 radical (unpaired) electrons. The summed E-state index contributed by atoms with van der Waals surface area (Å²) in [6, 6.07) is 17.6. The Morgan fingerprint density at radius 1 is 1.14 bits per heavy atom. The summed E-state index contributed by atoms with van der Waals surface area (Å²) in [5.41, 5.74) is 3.93. The van der Waals surface area contributed by atoms with Crippen LogP contribution in [0.4, 0.5) is 10.7 Å². The number of amides is 1. The molecule has 1 aromatic heterocycles. The largest absolute Gasteiger partial charge is 0.493 e. The summed E-state index contributed by atoms with van der Waals surface area (Å²) in [5.74, 6) is 1.87. The predicted octanol–water partition coefficient (Wildman–Crippen LogP) is 7.94. The molecule has 0 unspecified atom stereocenters. The topological polar surface area (TPSA) is 50.7 Å². The van der Waals surface area contributed by atoms with Crippen molar-refractivity contribution in [1.29, 1.82) is 0 Å². The molecule has 3 aromatic rings. The third kappa shape index (κ3) is 6.40. The maximum atomic E-state index is 13.4. The first-order valence-electron chi connectivity index (χ1n) is 12.5. The van der Waals surface area contributed by atoms with E-state index in [0.717, 1.165) is 46.8 Å². The van der Waals surface area contributed by atoms with Gasteiger partial charge in [0.25, 0.3) is 5.91 Å². The molecule has 0 bridgehead atoms. The van der Waals surface area contributed by atoms with E-state index < -0.39 is 0 Å². The Bertz CT molecular complexity index is 1170. The van der Waals surface area contributed by atoms with Crippen molar-refractivity contribution >= 4 is 34.1 Å². The molecule has 4 nitrogen and oxygen atoms in total. The van der Waals surface area contributed by atoms with Crippen LogP contribution in [0.1, 0.15) is 67.4 Å². The number of aliphatic imine (C=N–C) groups is 1. The zero-order chi connectivity index (χ0) is 25.0. The van der Waals surface area contributed by atoms with E-state index in [4.69, 9.17) is 9.73 Å². The Morgan fingerprint density at radius 2 is 1.86 bits per heavy atom. The first-order chi connectivity index (χ1) is 16.7. The summed E-state index contributed by atoms with van der Waals surface area (Å²) in [7, 11) is 0. The third-order valence-corrected chi connectivity index (χ3v) is 7.69. The lowest BCUT2D eigenvalue weighted by molar-refractivity contribution is 0.102. The van der Waals surface area contributed by atoms with Gasteiger partial charge in [0.05, 0.1) is 12.2 Å². The fraction of sp³-hybridized carbons (Fsp3) is 0.400. The molecule has 1 amide bonds. The van der Waals surface area contributed by atoms with Crippen LogP contribution < -0.4 is 10.1 Å². The Kier molecular flexibility index (Phi) is 7.75. The van der Waals surface area contributed by atoms with Crippen LogP contribution in [0.2, 0.25) is 0 Å². The van der Waals surface area contributed by atoms with Crippen LogP contribution in [0, 0.1) is 17.3 Å². The average molecular weight is 489 g/mol. The minimum absolute atomic E-state index is 0.0764. The first kappa shape index (κ1) is 25.2. The monoisotopic (exact) mass is 488 g/mol. The molecule has 1 aliphatic rings. The van der Waals surface area contributed by atoms with Gasteiger partial charge in [0.2, 0.25) is 0 Å². The van der Waals surface area contributed by atoms with E-state index in [0.29, 0.717) is 18.4 Å². The number of benzene rings is 2. The number of hydrogen-bond donors (Lipinski definition) is 1. The predicted molar refractivity (Wildman–Crippen MR) is 148 cm³/mol. The maximum absolute atomic E-state index is 13.4. The highest BCUT2D eigenvalue weighted by molar-refractivity contribution is 7.16. The fourth-order valence-electron chi connectivity index (χ4n) is 4.40. The standard InChI is InChI=1S/C30H36N2O2S/c1-20(2)19-34-24-14-11-21(12-15-24)18-31-29-27(28(33)32-23-9-7-6-8-10-23)25-16-13-22(30(3,4)5)17-26(25)35-29/h6-12,14-15,18,20,22H,13,16-17,19H2,1-5H3,(H,32,33)/t22-/m1/s1. The van der Waals surface area contributed by atoms with Gasteiger partial charge in [-0.2, -0.15) is 0 Å². The number of nitrogens with zero attached hydrogens (tertiary/aromatic N) is 1. The number of carbonyl (C=O) groups excluding carboxylic acids is 1. The SMILES string of the molecule is CC(C)COc1ccc(C=Nc2sc3c(c2C(=O)Nc2ccccc2)CC[C@@H](C(C)(C)C)C3)cc1. The number of ether oxygens (including phenoxy) is 1. The molecule has 184 valence electrons. The molecule has 5 heteroatoms. The molecule has 0 spiro atoms. The Balaban J connectivity index is 1.61. The Labute approximate surface area is 213 Å². The maximum Gasteiger partial charge on any atom is 0.259 e. The van der Waals surface area contributed by atoms with Crippen LogP contribution in [0.15, 0.2) is 59.6 Å². The summed E-state index contributed by atoms with van der Waals surface area (Å²) in [5, 5.41) is 3.87. The van der Waals surface area contributed by atoms with E-state index in [1.54, 1.807) is 11.3 Å². The number of anilines is 1. The van der Waals surface area contributed by atoms with Gasteiger partial charge in [0.1, 0.15) is 10.8 Å². The number of para-hydroxylation sites is 1. The van der Waals surface area contributed by atoms with E-state index in [-0.39, 0.29) is 11.3 Å². The second kappa shape index (κ2) is 10.8. The number of fused-ring (bicyclic) bond motifs is 1. The van der Waals surface area contributed by atoms with Gasteiger partial charge in [-0.05, 0) is 84.0 Å². The second-order valence-electron chi connectivity index (χ2n) is 10.8. The van der Waals surface area contributed by atoms with Crippen molar-refractivity contribution in [3.63, 3.8) is 0 Å². The van der Waals surface area contributed by atoms with Crippen molar-refractivity contribution < 1.29 is 9.53 Å². The smallest absolute Gasteiger partial charge is 0.259 e. The lowest BCUT2D eigenvalue weighted by Crippen LogP contribution is -2.27. The van der Waals surface area contributed by atoms with Gasteiger partial charge in [-0.15, -0.1) is 11.3 Å². The highest BCUT2D eigenvalue weighted by Gasteiger charge is 2.33. The lowest BCUT2D eigenvalue weighted by atomic mass is 9.72. The van der Waals surface area contributed by atoms with E-state index >= 15 is 0 Å². The summed E-state index contributed by atoms with van der Waals surface area (Å²) >= 11 is 1.67. The minimum Gasteiger partial charge on any atom is -0.493 e. The lowest BCUT2D eigenvalue weighted by Gasteiger charge is -2.33. The van der Waals surface area contributed by atoms with Gasteiger partial charge < -0.3 is 10.1 Å². The van der Waals surface area contributed by atoms with E-state index in [1.165, 1.54) is 10.4 Å². The molecule has 1 atom stereocenters. The number of rotatable bonds is 7. The summed E-state index contributed by atoms with van der Waals surface area (Å²) in [6.45, 7) is 11.9. The average Bonchev–Trinajstić information content (AvgIpc) is 3.20. The Hall–Kier alpha value is -2.92. The molecule has 1 aliphatic carbocycles.